The van der Waals surface area contributed by atoms with E-state index in [9.17, 15) is 5.11 Å². The van der Waals surface area contributed by atoms with Crippen LogP contribution < -0.4 is 5.32 Å². The van der Waals surface area contributed by atoms with E-state index in [-0.39, 0.29) is 0 Å². The van der Waals surface area contributed by atoms with Crippen molar-refractivity contribution in [3.63, 3.8) is 0 Å². The molecule has 2 N–H and O–H groups in total. The topological polar surface area (TPSA) is 58.0 Å². The molecule has 1 saturated carbocycles. The summed E-state index contributed by atoms with van der Waals surface area (Å²) in [6.45, 7) is 1.21. The number of aliphatic hydroxyl groups is 1. The highest BCUT2D eigenvalue weighted by Gasteiger charge is 2.24. The summed E-state index contributed by atoms with van der Waals surface area (Å²) in [6, 6.07) is 2.06. The lowest BCUT2D eigenvalue weighted by molar-refractivity contribution is 0.141. The number of anilines is 1. The Bertz CT molecular complexity index is 542. The average molecular weight is 277 g/mol. The maximum Gasteiger partial charge on any atom is 0.138 e. The van der Waals surface area contributed by atoms with Crippen molar-refractivity contribution in [3.8, 4) is 0 Å². The molecule has 2 atom stereocenters. The van der Waals surface area contributed by atoms with E-state index in [1.165, 1.54) is 19.3 Å². The zero-order valence-corrected chi connectivity index (χ0v) is 11.7. The van der Waals surface area contributed by atoms with Crippen LogP contribution in [0, 0.1) is 11.8 Å². The third-order valence-corrected chi connectivity index (χ3v) is 4.92. The number of aliphatic hydroxyl groups excluding tert-OH is 1. The van der Waals surface area contributed by atoms with Crippen molar-refractivity contribution < 1.29 is 5.11 Å². The van der Waals surface area contributed by atoms with Gasteiger partial charge in [0.25, 0.3) is 0 Å². The number of fused-ring (bicyclic) bond motifs is 1. The van der Waals surface area contributed by atoms with E-state index in [0.29, 0.717) is 18.4 Å². The number of hydrogen-bond donors (Lipinski definition) is 2. The van der Waals surface area contributed by atoms with Crippen LogP contribution in [0.3, 0.4) is 0 Å². The lowest BCUT2D eigenvalue weighted by Crippen LogP contribution is -2.28. The highest BCUT2D eigenvalue weighted by atomic mass is 32.1. The van der Waals surface area contributed by atoms with Gasteiger partial charge in [0.05, 0.1) is 5.39 Å². The van der Waals surface area contributed by atoms with Crippen LogP contribution in [0.4, 0.5) is 5.82 Å². The van der Waals surface area contributed by atoms with Crippen molar-refractivity contribution in [1.82, 2.24) is 9.97 Å². The smallest absolute Gasteiger partial charge is 0.138 e. The Hall–Kier alpha value is -1.20. The molecule has 102 valence electrons. The fraction of sp³-hybridized carbons (Fsp3) is 0.571. The third-order valence-electron chi connectivity index (χ3n) is 4.09. The molecule has 5 heteroatoms. The van der Waals surface area contributed by atoms with E-state index in [1.807, 2.05) is 5.38 Å². The Morgan fingerprint density at radius 1 is 1.26 bits per heavy atom. The summed E-state index contributed by atoms with van der Waals surface area (Å²) in [5, 5.41) is 16.0. The van der Waals surface area contributed by atoms with Gasteiger partial charge in [-0.1, -0.05) is 12.8 Å². The first-order valence-corrected chi connectivity index (χ1v) is 7.79. The van der Waals surface area contributed by atoms with E-state index in [4.69, 9.17) is 0 Å². The van der Waals surface area contributed by atoms with Crippen molar-refractivity contribution in [2.24, 2.45) is 11.8 Å². The summed E-state index contributed by atoms with van der Waals surface area (Å²) < 4.78 is 0. The maximum absolute atomic E-state index is 9.45. The molecule has 0 saturated heterocycles. The van der Waals surface area contributed by atoms with Gasteiger partial charge in [0, 0.05) is 13.2 Å². The molecule has 1 aliphatic carbocycles. The maximum atomic E-state index is 9.45. The van der Waals surface area contributed by atoms with Gasteiger partial charge in [0.15, 0.2) is 0 Å². The fourth-order valence-electron chi connectivity index (χ4n) is 2.95. The minimum absolute atomic E-state index is 0.310. The Morgan fingerprint density at radius 3 is 2.95 bits per heavy atom. The van der Waals surface area contributed by atoms with Crippen LogP contribution in [-0.4, -0.2) is 28.2 Å². The summed E-state index contributed by atoms with van der Waals surface area (Å²) in [7, 11) is 0. The second kappa shape index (κ2) is 5.84. The number of aromatic nitrogens is 2. The van der Waals surface area contributed by atoms with Gasteiger partial charge < -0.3 is 10.4 Å². The number of thiophene rings is 1. The minimum Gasteiger partial charge on any atom is -0.396 e. The molecular formula is C14H19N3OS. The lowest BCUT2D eigenvalue weighted by atomic mass is 9.79. The van der Waals surface area contributed by atoms with Crippen LogP contribution in [-0.2, 0) is 0 Å². The predicted octanol–water partition coefficient (Wildman–Crippen LogP) is 2.90. The first-order valence-electron chi connectivity index (χ1n) is 6.91. The molecule has 1 aliphatic rings. The minimum atomic E-state index is 0.310. The summed E-state index contributed by atoms with van der Waals surface area (Å²) >= 11 is 1.64. The first-order chi connectivity index (χ1) is 9.38. The highest BCUT2D eigenvalue weighted by Crippen LogP contribution is 2.30. The molecule has 2 heterocycles. The normalized spacial score (nSPS) is 23.6. The van der Waals surface area contributed by atoms with Gasteiger partial charge in [-0.05, 0) is 36.1 Å². The van der Waals surface area contributed by atoms with Crippen LogP contribution in [0.5, 0.6) is 0 Å². The van der Waals surface area contributed by atoms with Crippen LogP contribution >= 0.6 is 11.3 Å². The third kappa shape index (κ3) is 2.72. The second-order valence-electron chi connectivity index (χ2n) is 5.23. The highest BCUT2D eigenvalue weighted by molar-refractivity contribution is 7.16. The number of nitrogens with one attached hydrogen (secondary N) is 1. The van der Waals surface area contributed by atoms with Crippen LogP contribution in [0.1, 0.15) is 25.7 Å². The van der Waals surface area contributed by atoms with Gasteiger partial charge in [-0.25, -0.2) is 9.97 Å². The molecule has 3 rings (SSSR count). The predicted molar refractivity (Wildman–Crippen MR) is 78.4 cm³/mol. The van der Waals surface area contributed by atoms with Crippen molar-refractivity contribution in [2.45, 2.75) is 25.7 Å². The van der Waals surface area contributed by atoms with Crippen molar-refractivity contribution in [3.05, 3.63) is 17.8 Å². The van der Waals surface area contributed by atoms with Gasteiger partial charge in [-0.15, -0.1) is 11.3 Å². The Morgan fingerprint density at radius 2 is 2.11 bits per heavy atom. The first kappa shape index (κ1) is 12.8. The summed E-state index contributed by atoms with van der Waals surface area (Å²) in [5.74, 6) is 1.93. The Kier molecular flexibility index (Phi) is 3.94. The van der Waals surface area contributed by atoms with Crippen molar-refractivity contribution in [2.75, 3.05) is 18.5 Å². The summed E-state index contributed by atoms with van der Waals surface area (Å²) in [4.78, 5) is 9.62. The van der Waals surface area contributed by atoms with Gasteiger partial charge >= 0.3 is 0 Å². The van der Waals surface area contributed by atoms with Crippen LogP contribution in [0.2, 0.25) is 0 Å². The van der Waals surface area contributed by atoms with E-state index >= 15 is 0 Å². The van der Waals surface area contributed by atoms with Crippen molar-refractivity contribution >= 4 is 27.4 Å². The molecule has 0 bridgehead atoms. The largest absolute Gasteiger partial charge is 0.396 e. The lowest BCUT2D eigenvalue weighted by Gasteiger charge is -2.30. The zero-order valence-electron chi connectivity index (χ0n) is 10.9. The molecule has 19 heavy (non-hydrogen) atoms. The van der Waals surface area contributed by atoms with Crippen molar-refractivity contribution in [1.29, 1.82) is 0 Å². The number of nitrogens with zero attached hydrogens (tertiary/aromatic N) is 2. The van der Waals surface area contributed by atoms with E-state index in [2.05, 4.69) is 21.4 Å². The Labute approximate surface area is 116 Å². The fourth-order valence-corrected chi connectivity index (χ4v) is 3.68. The Balaban J connectivity index is 1.69. The van der Waals surface area contributed by atoms with Crippen LogP contribution in [0.15, 0.2) is 17.8 Å². The van der Waals surface area contributed by atoms with Crippen LogP contribution in [0.25, 0.3) is 10.2 Å². The molecule has 1 fully saturated rings. The van der Waals surface area contributed by atoms with E-state index in [1.54, 1.807) is 17.7 Å². The molecular weight excluding hydrogens is 258 g/mol. The molecule has 0 aromatic carbocycles. The van der Waals surface area contributed by atoms with Gasteiger partial charge in [-0.2, -0.15) is 0 Å². The number of hydrogen-bond acceptors (Lipinski definition) is 5. The second-order valence-corrected chi connectivity index (χ2v) is 6.12. The molecule has 2 aromatic heterocycles. The standard InChI is InChI=1S/C14H19N3OS/c18-8-11-4-2-1-3-10(11)7-15-13-12-5-6-19-14(12)17-9-16-13/h5-6,9-11,18H,1-4,7-8H2,(H,15,16,17). The monoisotopic (exact) mass is 277 g/mol. The molecule has 0 aliphatic heterocycles. The molecule has 0 spiro atoms. The molecule has 2 unspecified atom stereocenters. The molecule has 0 amide bonds. The van der Waals surface area contributed by atoms with E-state index < -0.39 is 0 Å². The summed E-state index contributed by atoms with van der Waals surface area (Å²) in [6.07, 6.45) is 6.51. The van der Waals surface area contributed by atoms with Gasteiger partial charge in [0.1, 0.15) is 17.0 Å². The zero-order chi connectivity index (χ0) is 13.1. The van der Waals surface area contributed by atoms with Gasteiger partial charge in [-0.3, -0.25) is 0 Å². The SMILES string of the molecule is OCC1CCCCC1CNc1ncnc2sccc12. The molecule has 4 nitrogen and oxygen atoms in total. The molecule has 2 aromatic rings. The van der Waals surface area contributed by atoms with Gasteiger partial charge in [0.2, 0.25) is 0 Å². The summed E-state index contributed by atoms with van der Waals surface area (Å²) in [5.41, 5.74) is 0. The quantitative estimate of drug-likeness (QED) is 0.902. The number of rotatable bonds is 4. The average Bonchev–Trinajstić information content (AvgIpc) is 2.94. The molecule has 0 radical (unpaired) electrons. The van der Waals surface area contributed by atoms with E-state index in [0.717, 1.165) is 29.0 Å².